The molecule has 0 atom stereocenters. The Balaban J connectivity index is 3.04. The fourth-order valence-electron chi connectivity index (χ4n) is 6.68. The number of nitrogens with zero attached hydrogens (tertiary/aromatic N) is 2. The molecule has 0 aliphatic carbocycles. The summed E-state index contributed by atoms with van der Waals surface area (Å²) >= 11 is 0.639. The first-order valence-electron chi connectivity index (χ1n) is 13.7. The maximum absolute atomic E-state index is 2.56. The molecule has 2 aromatic carbocycles. The SMILES string of the molecule is CN(C)c1ccc([PH]([Pd][PH](c2ccc(N(C)C)cc2)(C(C)(C)C)C(C)(C)C)(C(C)(C)C)C(C)(C)C)cc1. The van der Waals surface area contributed by atoms with Gasteiger partial charge in [-0.05, 0) is 0 Å². The van der Waals surface area contributed by atoms with Crippen LogP contribution in [0.3, 0.4) is 0 Å². The second kappa shape index (κ2) is 10.9. The van der Waals surface area contributed by atoms with E-state index in [2.05, 4.69) is 170 Å². The molecule has 0 aliphatic rings. The summed E-state index contributed by atoms with van der Waals surface area (Å²) in [6.07, 6.45) is 0. The Morgan fingerprint density at radius 2 is 0.649 bits per heavy atom. The fraction of sp³-hybridized carbons (Fsp3) is 0.625. The van der Waals surface area contributed by atoms with Crippen LogP contribution in [0, 0.1) is 0 Å². The second-order valence-corrected chi connectivity index (χ2v) is 35.9. The quantitative estimate of drug-likeness (QED) is 0.232. The normalized spacial score (nSPS) is 15.0. The summed E-state index contributed by atoms with van der Waals surface area (Å²) in [5.41, 5.74) is -1.67. The van der Waals surface area contributed by atoms with E-state index in [1.54, 1.807) is 10.6 Å². The molecular weight excluding hydrogens is 581 g/mol. The second-order valence-electron chi connectivity index (χ2n) is 15.2. The first kappa shape index (κ1) is 32.8. The predicted molar refractivity (Wildman–Crippen MR) is 176 cm³/mol. The van der Waals surface area contributed by atoms with Crippen molar-refractivity contribution in [2.75, 3.05) is 38.0 Å². The van der Waals surface area contributed by atoms with Crippen LogP contribution < -0.4 is 20.4 Å². The molecule has 0 aliphatic heterocycles. The van der Waals surface area contributed by atoms with E-state index in [1.165, 1.54) is 11.4 Å². The van der Waals surface area contributed by atoms with Crippen LogP contribution in [0.1, 0.15) is 83.1 Å². The Morgan fingerprint density at radius 1 is 0.432 bits per heavy atom. The topological polar surface area (TPSA) is 6.48 Å². The summed E-state index contributed by atoms with van der Waals surface area (Å²) in [6, 6.07) is 19.5. The van der Waals surface area contributed by atoms with Gasteiger partial charge in [-0.1, -0.05) is 0 Å². The van der Waals surface area contributed by atoms with Gasteiger partial charge in [0.1, 0.15) is 0 Å². The molecule has 0 amide bonds. The zero-order chi connectivity index (χ0) is 28.8. The molecule has 0 radical (unpaired) electrons. The number of hydrogen-bond acceptors (Lipinski definition) is 2. The third-order valence-corrected chi connectivity index (χ3v) is 46.9. The van der Waals surface area contributed by atoms with E-state index in [4.69, 9.17) is 0 Å². The number of anilines is 2. The first-order chi connectivity index (χ1) is 16.5. The zero-order valence-corrected chi connectivity index (χ0v) is 30.4. The van der Waals surface area contributed by atoms with Gasteiger partial charge in [-0.3, -0.25) is 0 Å². The van der Waals surface area contributed by atoms with E-state index in [-0.39, 0.29) is 20.6 Å². The molecule has 216 valence electrons. The van der Waals surface area contributed by atoms with Gasteiger partial charge in [0, 0.05) is 0 Å². The van der Waals surface area contributed by atoms with Gasteiger partial charge in [0.15, 0.2) is 0 Å². The zero-order valence-electron chi connectivity index (χ0n) is 26.8. The van der Waals surface area contributed by atoms with Crippen LogP contribution in [0.2, 0.25) is 0 Å². The molecule has 2 nitrogen and oxygen atoms in total. The molecule has 37 heavy (non-hydrogen) atoms. The molecule has 0 saturated carbocycles. The average molecular weight is 639 g/mol. The summed E-state index contributed by atoms with van der Waals surface area (Å²) in [4.78, 5) is 4.45. The van der Waals surface area contributed by atoms with Crippen molar-refractivity contribution in [3.05, 3.63) is 48.5 Å². The molecule has 2 aromatic rings. The third kappa shape index (κ3) is 6.02. The van der Waals surface area contributed by atoms with Crippen molar-refractivity contribution in [2.24, 2.45) is 0 Å². The minimum absolute atomic E-state index is 0.220. The van der Waals surface area contributed by atoms with Crippen LogP contribution in [0.4, 0.5) is 11.4 Å². The number of benzene rings is 2. The van der Waals surface area contributed by atoms with Crippen LogP contribution in [-0.2, 0) is 17.0 Å². The Bertz CT molecular complexity index is 916. The van der Waals surface area contributed by atoms with Gasteiger partial charge in [0.25, 0.3) is 0 Å². The molecule has 5 heteroatoms. The third-order valence-electron chi connectivity index (χ3n) is 7.71. The van der Waals surface area contributed by atoms with Gasteiger partial charge < -0.3 is 0 Å². The Morgan fingerprint density at radius 3 is 0.811 bits per heavy atom. The molecule has 0 saturated heterocycles. The Kier molecular flexibility index (Phi) is 9.61. The van der Waals surface area contributed by atoms with Crippen LogP contribution in [0.15, 0.2) is 48.5 Å². The molecule has 2 rings (SSSR count). The van der Waals surface area contributed by atoms with Crippen molar-refractivity contribution in [1.82, 2.24) is 0 Å². The molecule has 0 spiro atoms. The summed E-state index contributed by atoms with van der Waals surface area (Å²) < 4.78 is 0. The predicted octanol–water partition coefficient (Wildman–Crippen LogP) is 8.38. The average Bonchev–Trinajstić information content (AvgIpc) is 2.71. The van der Waals surface area contributed by atoms with Crippen LogP contribution in [-0.4, -0.2) is 48.8 Å². The van der Waals surface area contributed by atoms with Crippen LogP contribution in [0.25, 0.3) is 0 Å². The minimum atomic E-state index is -2.12. The maximum atomic E-state index is 2.56. The summed E-state index contributed by atoms with van der Waals surface area (Å²) in [5.74, 6) is 0. The fourth-order valence-corrected chi connectivity index (χ4v) is 56.3. The molecule has 0 fully saturated rings. The first-order valence-corrected chi connectivity index (χ1v) is 22.0. The van der Waals surface area contributed by atoms with E-state index >= 15 is 0 Å². The van der Waals surface area contributed by atoms with Crippen molar-refractivity contribution in [3.63, 3.8) is 0 Å². The van der Waals surface area contributed by atoms with Crippen molar-refractivity contribution in [3.8, 4) is 0 Å². The standard InChI is InChI=1S/2C16H28NP.Pd/c2*1-15(2,3)18(16(4,5)6)14-11-9-13(10-12-14)17(7)8;/h2*9-12H,1-8H3;/q;;-2/p+2. The van der Waals surface area contributed by atoms with Gasteiger partial charge in [0.05, 0.1) is 0 Å². The summed E-state index contributed by atoms with van der Waals surface area (Å²) in [5, 5.41) is 4.16. The Labute approximate surface area is 239 Å². The summed E-state index contributed by atoms with van der Waals surface area (Å²) in [6.45, 7) is 30.7. The molecule has 0 heterocycles. The molecule has 0 aromatic heterocycles. The van der Waals surface area contributed by atoms with Gasteiger partial charge in [-0.25, -0.2) is 0 Å². The molecule has 0 unspecified atom stereocenters. The van der Waals surface area contributed by atoms with Crippen LogP contribution >= 0.6 is 10.9 Å². The van der Waals surface area contributed by atoms with E-state index in [1.807, 2.05) is 0 Å². The van der Waals surface area contributed by atoms with Gasteiger partial charge >= 0.3 is 240 Å². The molecular formula is C32H58N2P2Pd. The van der Waals surface area contributed by atoms with E-state index in [0.717, 1.165) is 0 Å². The van der Waals surface area contributed by atoms with Crippen LogP contribution in [0.5, 0.6) is 0 Å². The van der Waals surface area contributed by atoms with Gasteiger partial charge in [0.2, 0.25) is 0 Å². The Hall–Kier alpha value is -0.438. The monoisotopic (exact) mass is 638 g/mol. The van der Waals surface area contributed by atoms with Crippen molar-refractivity contribution >= 4 is 32.9 Å². The number of hydrogen-bond donors (Lipinski definition) is 0. The van der Waals surface area contributed by atoms with Gasteiger partial charge in [-0.2, -0.15) is 0 Å². The van der Waals surface area contributed by atoms with Crippen molar-refractivity contribution in [2.45, 2.75) is 104 Å². The summed E-state index contributed by atoms with van der Waals surface area (Å²) in [7, 11) is 8.57. The molecule has 0 bridgehead atoms. The number of rotatable bonds is 6. The van der Waals surface area contributed by atoms with E-state index in [9.17, 15) is 0 Å². The van der Waals surface area contributed by atoms with Gasteiger partial charge in [-0.15, -0.1) is 0 Å². The molecule has 0 N–H and O–H groups in total. The van der Waals surface area contributed by atoms with E-state index < -0.39 is 10.9 Å². The van der Waals surface area contributed by atoms with Crippen molar-refractivity contribution in [1.29, 1.82) is 0 Å². The van der Waals surface area contributed by atoms with Crippen molar-refractivity contribution < 1.29 is 17.0 Å². The van der Waals surface area contributed by atoms with E-state index in [0.29, 0.717) is 17.0 Å².